The van der Waals surface area contributed by atoms with E-state index in [4.69, 9.17) is 9.72 Å². The van der Waals surface area contributed by atoms with Gasteiger partial charge in [0.05, 0.1) is 12.2 Å². The van der Waals surface area contributed by atoms with Crippen LogP contribution in [0.15, 0.2) is 18.3 Å². The Hall–Kier alpha value is -3.15. The van der Waals surface area contributed by atoms with Crippen molar-refractivity contribution in [2.75, 3.05) is 48.3 Å². The number of rotatable bonds is 6. The zero-order valence-electron chi connectivity index (χ0n) is 20.4. The fourth-order valence-corrected chi connectivity index (χ4v) is 4.95. The topological polar surface area (TPSA) is 86.7 Å². The molecule has 2 aromatic rings. The van der Waals surface area contributed by atoms with Gasteiger partial charge in [-0.05, 0) is 38.2 Å². The van der Waals surface area contributed by atoms with E-state index < -0.39 is 12.7 Å². The minimum absolute atomic E-state index is 0.0792. The molecule has 0 saturated carbocycles. The van der Waals surface area contributed by atoms with E-state index in [0.717, 1.165) is 35.6 Å². The first kappa shape index (κ1) is 24.5. The standard InChI is InChI=1S/C24H30F3N7O2/c1-15-22(35)34-9-3-4-18-20(34)21(32(15)2)31-23(30-18)29-13-16-5-6-19(28-12-16)36-17-7-10-33(11-8-17)14-24(25,26)27/h5-6,12,15,17H,3-4,7-11,13-14H2,1-2H3,(H,29,30,31)/t15-/m0/s1. The Labute approximate surface area is 207 Å². The fraction of sp³-hybridized carbons (Fsp3) is 0.583. The highest BCUT2D eigenvalue weighted by molar-refractivity contribution is 6.05. The Balaban J connectivity index is 1.18. The van der Waals surface area contributed by atoms with Gasteiger partial charge in [0, 0.05) is 45.5 Å². The van der Waals surface area contributed by atoms with Crippen molar-refractivity contribution in [3.8, 4) is 5.88 Å². The molecular weight excluding hydrogens is 475 g/mol. The molecular formula is C24H30F3N7O2. The van der Waals surface area contributed by atoms with Gasteiger partial charge in [0.15, 0.2) is 5.82 Å². The lowest BCUT2D eigenvalue weighted by Crippen LogP contribution is -2.53. The maximum absolute atomic E-state index is 12.7. The first-order valence-electron chi connectivity index (χ1n) is 12.3. The summed E-state index contributed by atoms with van der Waals surface area (Å²) in [4.78, 5) is 31.5. The molecule has 2 aromatic heterocycles. The number of likely N-dealkylation sites (tertiary alicyclic amines) is 1. The van der Waals surface area contributed by atoms with Crippen LogP contribution >= 0.6 is 0 Å². The number of ether oxygens (including phenoxy) is 1. The zero-order chi connectivity index (χ0) is 25.4. The lowest BCUT2D eigenvalue weighted by Gasteiger charge is -2.41. The summed E-state index contributed by atoms with van der Waals surface area (Å²) in [6.07, 6.45) is 0.139. The Bertz CT molecular complexity index is 1100. The molecule has 36 heavy (non-hydrogen) atoms. The molecule has 5 rings (SSSR count). The summed E-state index contributed by atoms with van der Waals surface area (Å²) >= 11 is 0. The van der Waals surface area contributed by atoms with Crippen LogP contribution in [0.5, 0.6) is 5.88 Å². The van der Waals surface area contributed by atoms with E-state index in [-0.39, 0.29) is 18.1 Å². The van der Waals surface area contributed by atoms with Crippen molar-refractivity contribution in [3.63, 3.8) is 0 Å². The number of nitrogens with zero attached hydrogens (tertiary/aromatic N) is 6. The molecule has 5 heterocycles. The van der Waals surface area contributed by atoms with E-state index in [2.05, 4.69) is 15.3 Å². The lowest BCUT2D eigenvalue weighted by molar-refractivity contribution is -0.149. The summed E-state index contributed by atoms with van der Waals surface area (Å²) in [5.41, 5.74) is 2.62. The molecule has 3 aliphatic rings. The van der Waals surface area contributed by atoms with Gasteiger partial charge in [-0.1, -0.05) is 6.07 Å². The Morgan fingerprint density at radius 3 is 2.64 bits per heavy atom. The molecule has 3 aliphatic heterocycles. The number of hydrogen-bond donors (Lipinski definition) is 1. The molecule has 1 saturated heterocycles. The first-order valence-corrected chi connectivity index (χ1v) is 12.3. The van der Waals surface area contributed by atoms with Crippen molar-refractivity contribution in [2.24, 2.45) is 0 Å². The maximum Gasteiger partial charge on any atom is 0.401 e. The number of aromatic nitrogens is 3. The summed E-state index contributed by atoms with van der Waals surface area (Å²) in [6, 6.07) is 3.39. The van der Waals surface area contributed by atoms with Crippen LogP contribution in [0.25, 0.3) is 0 Å². The smallest absolute Gasteiger partial charge is 0.401 e. The molecule has 1 fully saturated rings. The molecule has 1 N–H and O–H groups in total. The monoisotopic (exact) mass is 505 g/mol. The Morgan fingerprint density at radius 2 is 1.94 bits per heavy atom. The van der Waals surface area contributed by atoms with Crippen molar-refractivity contribution in [3.05, 3.63) is 29.6 Å². The van der Waals surface area contributed by atoms with E-state index in [1.54, 1.807) is 12.3 Å². The van der Waals surface area contributed by atoms with Crippen molar-refractivity contribution >= 4 is 23.4 Å². The minimum atomic E-state index is -4.17. The second-order valence-corrected chi connectivity index (χ2v) is 9.61. The molecule has 1 amide bonds. The number of hydrogen-bond acceptors (Lipinski definition) is 8. The first-order chi connectivity index (χ1) is 17.2. The van der Waals surface area contributed by atoms with Gasteiger partial charge < -0.3 is 19.9 Å². The zero-order valence-corrected chi connectivity index (χ0v) is 20.4. The largest absolute Gasteiger partial charge is 0.474 e. The lowest BCUT2D eigenvalue weighted by atomic mass is 10.0. The number of aryl methyl sites for hydroxylation is 1. The number of alkyl halides is 3. The van der Waals surface area contributed by atoms with Crippen LogP contribution < -0.4 is 19.9 Å². The molecule has 9 nitrogen and oxygen atoms in total. The molecule has 0 radical (unpaired) electrons. The highest BCUT2D eigenvalue weighted by atomic mass is 19.4. The third-order valence-corrected chi connectivity index (χ3v) is 7.01. The van der Waals surface area contributed by atoms with Crippen LogP contribution in [-0.4, -0.2) is 77.3 Å². The second-order valence-electron chi connectivity index (χ2n) is 9.61. The van der Waals surface area contributed by atoms with Crippen molar-refractivity contribution in [1.82, 2.24) is 19.9 Å². The van der Waals surface area contributed by atoms with Gasteiger partial charge in [-0.3, -0.25) is 9.69 Å². The van der Waals surface area contributed by atoms with Crippen LogP contribution in [0.2, 0.25) is 0 Å². The fourth-order valence-electron chi connectivity index (χ4n) is 4.95. The van der Waals surface area contributed by atoms with E-state index in [9.17, 15) is 18.0 Å². The number of anilines is 3. The number of nitrogens with one attached hydrogen (secondary N) is 1. The molecule has 0 aromatic carbocycles. The molecule has 0 spiro atoms. The third kappa shape index (κ3) is 5.18. The van der Waals surface area contributed by atoms with Gasteiger partial charge in [0.25, 0.3) is 0 Å². The van der Waals surface area contributed by atoms with E-state index in [1.807, 2.05) is 29.8 Å². The summed E-state index contributed by atoms with van der Waals surface area (Å²) in [5, 5.41) is 3.27. The van der Waals surface area contributed by atoms with Crippen molar-refractivity contribution in [1.29, 1.82) is 0 Å². The average molecular weight is 506 g/mol. The van der Waals surface area contributed by atoms with Gasteiger partial charge in [-0.2, -0.15) is 18.2 Å². The molecule has 12 heteroatoms. The Morgan fingerprint density at radius 1 is 1.17 bits per heavy atom. The SMILES string of the molecule is C[C@H]1C(=O)N2CCCc3nc(NCc4ccc(OC5CCN(CC(F)(F)F)CC5)nc4)nc(c32)N1C. The third-order valence-electron chi connectivity index (χ3n) is 7.01. The van der Waals surface area contributed by atoms with Gasteiger partial charge in [-0.25, -0.2) is 9.97 Å². The minimum Gasteiger partial charge on any atom is -0.474 e. The predicted molar refractivity (Wildman–Crippen MR) is 128 cm³/mol. The summed E-state index contributed by atoms with van der Waals surface area (Å²) in [5.74, 6) is 1.81. The van der Waals surface area contributed by atoms with Gasteiger partial charge >= 0.3 is 6.18 Å². The Kier molecular flexibility index (Phi) is 6.62. The summed E-state index contributed by atoms with van der Waals surface area (Å²) < 4.78 is 43.6. The van der Waals surface area contributed by atoms with E-state index in [0.29, 0.717) is 50.8 Å². The van der Waals surface area contributed by atoms with Gasteiger partial charge in [0.1, 0.15) is 17.8 Å². The van der Waals surface area contributed by atoms with Crippen molar-refractivity contribution in [2.45, 2.75) is 57.5 Å². The van der Waals surface area contributed by atoms with Crippen molar-refractivity contribution < 1.29 is 22.7 Å². The molecule has 194 valence electrons. The maximum atomic E-state index is 12.7. The molecule has 0 unspecified atom stereocenters. The van der Waals surface area contributed by atoms with E-state index in [1.165, 1.54) is 4.90 Å². The number of amides is 1. The van der Waals surface area contributed by atoms with Gasteiger partial charge in [-0.15, -0.1) is 0 Å². The van der Waals surface area contributed by atoms with Crippen LogP contribution in [-0.2, 0) is 17.8 Å². The normalized spacial score (nSPS) is 20.9. The molecule has 0 aliphatic carbocycles. The van der Waals surface area contributed by atoms with Gasteiger partial charge in [0.2, 0.25) is 17.7 Å². The summed E-state index contributed by atoms with van der Waals surface area (Å²) in [6.45, 7) is 2.88. The highest BCUT2D eigenvalue weighted by Gasteiger charge is 2.39. The van der Waals surface area contributed by atoms with E-state index >= 15 is 0 Å². The number of piperidine rings is 1. The molecule has 1 atom stereocenters. The number of carbonyl (C=O) groups is 1. The highest BCUT2D eigenvalue weighted by Crippen LogP contribution is 2.39. The van der Waals surface area contributed by atoms with Crippen LogP contribution in [0, 0.1) is 0 Å². The quantitative estimate of drug-likeness (QED) is 0.642. The predicted octanol–water partition coefficient (Wildman–Crippen LogP) is 3.01. The second kappa shape index (κ2) is 9.72. The van der Waals surface area contributed by atoms with Crippen LogP contribution in [0.1, 0.15) is 37.4 Å². The number of halogens is 3. The average Bonchev–Trinajstić information content (AvgIpc) is 2.85. The molecule has 0 bridgehead atoms. The summed E-state index contributed by atoms with van der Waals surface area (Å²) in [7, 11) is 1.88. The number of likely N-dealkylation sites (N-methyl/N-ethyl adjacent to an activating group) is 1. The number of pyridine rings is 1. The van der Waals surface area contributed by atoms with Crippen LogP contribution in [0.3, 0.4) is 0 Å². The van der Waals surface area contributed by atoms with Crippen LogP contribution in [0.4, 0.5) is 30.6 Å². The number of carbonyl (C=O) groups excluding carboxylic acids is 1.